The van der Waals surface area contributed by atoms with Crippen molar-refractivity contribution in [1.29, 1.82) is 5.26 Å². The van der Waals surface area contributed by atoms with Gasteiger partial charge in [-0.1, -0.05) is 6.07 Å². The van der Waals surface area contributed by atoms with E-state index in [-0.39, 0.29) is 6.61 Å². The van der Waals surface area contributed by atoms with Gasteiger partial charge < -0.3 is 9.84 Å². The number of carboxylic acid groups (broad SMARTS) is 1. The number of rotatable bonds is 4. The summed E-state index contributed by atoms with van der Waals surface area (Å²) in [7, 11) is 0. The summed E-state index contributed by atoms with van der Waals surface area (Å²) in [4.78, 5) is 21.2. The molecule has 0 aliphatic rings. The number of aliphatic carboxylic acids is 1. The predicted octanol–water partition coefficient (Wildman–Crippen LogP) is 1.38. The number of benzene rings is 1. The van der Waals surface area contributed by atoms with Crippen LogP contribution in [0.1, 0.15) is 23.1 Å². The Morgan fingerprint density at radius 2 is 2.18 bits per heavy atom. The molecule has 0 aliphatic carbocycles. The van der Waals surface area contributed by atoms with E-state index in [1.165, 1.54) is 0 Å². The van der Waals surface area contributed by atoms with Crippen LogP contribution in [0.5, 0.6) is 0 Å². The molecule has 1 rings (SSSR count). The van der Waals surface area contributed by atoms with Crippen molar-refractivity contribution in [3.63, 3.8) is 0 Å². The van der Waals surface area contributed by atoms with Crippen molar-refractivity contribution in [2.45, 2.75) is 20.0 Å². The lowest BCUT2D eigenvalue weighted by molar-refractivity contribution is -0.152. The van der Waals surface area contributed by atoms with E-state index >= 15 is 0 Å². The Bertz CT molecular complexity index is 488. The molecule has 0 amide bonds. The van der Waals surface area contributed by atoms with Gasteiger partial charge in [-0.3, -0.25) is 9.59 Å². The molecule has 88 valence electrons. The second-order valence-electron chi connectivity index (χ2n) is 3.48. The molecule has 0 heterocycles. The molecule has 5 nitrogen and oxygen atoms in total. The van der Waals surface area contributed by atoms with Gasteiger partial charge in [-0.25, -0.2) is 0 Å². The lowest BCUT2D eigenvalue weighted by Gasteiger charge is -2.06. The van der Waals surface area contributed by atoms with Gasteiger partial charge in [0.2, 0.25) is 0 Å². The molecular weight excluding hydrogens is 222 g/mol. The molecule has 1 aromatic carbocycles. The smallest absolute Gasteiger partial charge is 0.317 e. The van der Waals surface area contributed by atoms with E-state index in [1.54, 1.807) is 25.1 Å². The van der Waals surface area contributed by atoms with Crippen LogP contribution in [0.15, 0.2) is 18.2 Å². The highest BCUT2D eigenvalue weighted by molar-refractivity contribution is 5.90. The van der Waals surface area contributed by atoms with Gasteiger partial charge in [0.15, 0.2) is 0 Å². The molecule has 0 atom stereocenters. The van der Waals surface area contributed by atoms with Crippen LogP contribution in [0.4, 0.5) is 0 Å². The monoisotopic (exact) mass is 233 g/mol. The van der Waals surface area contributed by atoms with E-state index < -0.39 is 18.4 Å². The Labute approximate surface area is 98.2 Å². The van der Waals surface area contributed by atoms with Crippen molar-refractivity contribution in [1.82, 2.24) is 0 Å². The van der Waals surface area contributed by atoms with Crippen LogP contribution >= 0.6 is 0 Å². The van der Waals surface area contributed by atoms with Gasteiger partial charge in [0.1, 0.15) is 13.0 Å². The van der Waals surface area contributed by atoms with E-state index in [2.05, 4.69) is 0 Å². The molecule has 0 fully saturated rings. The normalized spacial score (nSPS) is 9.41. The van der Waals surface area contributed by atoms with E-state index in [0.29, 0.717) is 5.56 Å². The number of carbonyl (C=O) groups is 2. The number of esters is 1. The largest absolute Gasteiger partial charge is 0.481 e. The minimum atomic E-state index is -1.22. The Kier molecular flexibility index (Phi) is 4.23. The zero-order chi connectivity index (χ0) is 12.8. The molecule has 1 aromatic rings. The van der Waals surface area contributed by atoms with Crippen molar-refractivity contribution in [3.8, 4) is 6.07 Å². The summed E-state index contributed by atoms with van der Waals surface area (Å²) in [5.41, 5.74) is 2.11. The molecule has 0 aromatic heterocycles. The van der Waals surface area contributed by atoms with Gasteiger partial charge in [0.25, 0.3) is 0 Å². The molecule has 1 N–H and O–H groups in total. The summed E-state index contributed by atoms with van der Waals surface area (Å²) in [5.74, 6) is -1.99. The Morgan fingerprint density at radius 3 is 2.71 bits per heavy atom. The quantitative estimate of drug-likeness (QED) is 0.627. The van der Waals surface area contributed by atoms with Gasteiger partial charge in [-0.15, -0.1) is 0 Å². The van der Waals surface area contributed by atoms with E-state index in [9.17, 15) is 9.59 Å². The molecule has 0 unspecified atom stereocenters. The highest BCUT2D eigenvalue weighted by atomic mass is 16.5. The molecule has 5 heteroatoms. The average Bonchev–Trinajstić information content (AvgIpc) is 2.26. The van der Waals surface area contributed by atoms with Gasteiger partial charge in [0, 0.05) is 0 Å². The zero-order valence-electron chi connectivity index (χ0n) is 9.27. The molecule has 17 heavy (non-hydrogen) atoms. The summed E-state index contributed by atoms with van der Waals surface area (Å²) in [6, 6.07) is 6.98. The molecule has 0 bridgehead atoms. The lowest BCUT2D eigenvalue weighted by atomic mass is 10.1. The fourth-order valence-corrected chi connectivity index (χ4v) is 1.26. The standard InChI is InChI=1S/C12H11NO4/c1-8-4-9(6-13)2-3-10(8)7-17-12(16)5-11(14)15/h2-4H,5,7H2,1H3,(H,14,15). The van der Waals surface area contributed by atoms with Crippen LogP contribution < -0.4 is 0 Å². The predicted molar refractivity (Wildman–Crippen MR) is 57.9 cm³/mol. The number of hydrogen-bond donors (Lipinski definition) is 1. The van der Waals surface area contributed by atoms with Gasteiger partial charge in [-0.2, -0.15) is 5.26 Å². The molecule has 0 radical (unpaired) electrons. The first kappa shape index (κ1) is 12.7. The third kappa shape index (κ3) is 3.95. The fraction of sp³-hybridized carbons (Fsp3) is 0.250. The number of nitrogens with zero attached hydrogens (tertiary/aromatic N) is 1. The van der Waals surface area contributed by atoms with Crippen LogP contribution in [0.25, 0.3) is 0 Å². The van der Waals surface area contributed by atoms with Crippen molar-refractivity contribution in [3.05, 3.63) is 34.9 Å². The van der Waals surface area contributed by atoms with E-state index in [1.807, 2.05) is 6.07 Å². The molecule has 0 saturated heterocycles. The van der Waals surface area contributed by atoms with Gasteiger partial charge >= 0.3 is 11.9 Å². The van der Waals surface area contributed by atoms with Crippen LogP contribution in [0.2, 0.25) is 0 Å². The lowest BCUT2D eigenvalue weighted by Crippen LogP contribution is -2.10. The summed E-state index contributed by atoms with van der Waals surface area (Å²) in [5, 5.41) is 17.0. The maximum absolute atomic E-state index is 11.0. The third-order valence-electron chi connectivity index (χ3n) is 2.16. The third-order valence-corrected chi connectivity index (χ3v) is 2.16. The molecular formula is C12H11NO4. The van der Waals surface area contributed by atoms with Crippen LogP contribution in [-0.4, -0.2) is 17.0 Å². The molecule has 0 aliphatic heterocycles. The van der Waals surface area contributed by atoms with Crippen LogP contribution in [-0.2, 0) is 20.9 Å². The number of nitriles is 1. The number of hydrogen-bond acceptors (Lipinski definition) is 4. The minimum absolute atomic E-state index is 0.0175. The van der Waals surface area contributed by atoms with Crippen molar-refractivity contribution < 1.29 is 19.4 Å². The Hall–Kier alpha value is -2.35. The van der Waals surface area contributed by atoms with Crippen molar-refractivity contribution in [2.75, 3.05) is 0 Å². The second-order valence-corrected chi connectivity index (χ2v) is 3.48. The van der Waals surface area contributed by atoms with Crippen molar-refractivity contribution in [2.24, 2.45) is 0 Å². The van der Waals surface area contributed by atoms with Crippen LogP contribution in [0.3, 0.4) is 0 Å². The highest BCUT2D eigenvalue weighted by Gasteiger charge is 2.09. The highest BCUT2D eigenvalue weighted by Crippen LogP contribution is 2.12. The first-order valence-corrected chi connectivity index (χ1v) is 4.90. The maximum atomic E-state index is 11.0. The SMILES string of the molecule is Cc1cc(C#N)ccc1COC(=O)CC(=O)O. The summed E-state index contributed by atoms with van der Waals surface area (Å²) in [6.07, 6.45) is -0.644. The number of carboxylic acids is 1. The van der Waals surface area contributed by atoms with Crippen molar-refractivity contribution >= 4 is 11.9 Å². The number of aryl methyl sites for hydroxylation is 1. The summed E-state index contributed by atoms with van der Waals surface area (Å²) in [6.45, 7) is 1.81. The number of ether oxygens (including phenoxy) is 1. The molecule has 0 saturated carbocycles. The minimum Gasteiger partial charge on any atom is -0.481 e. The summed E-state index contributed by atoms with van der Waals surface area (Å²) < 4.78 is 4.79. The zero-order valence-corrected chi connectivity index (χ0v) is 9.27. The topological polar surface area (TPSA) is 87.4 Å². The Balaban J connectivity index is 2.61. The van der Waals surface area contributed by atoms with Gasteiger partial charge in [0.05, 0.1) is 11.6 Å². The maximum Gasteiger partial charge on any atom is 0.317 e. The molecule has 0 spiro atoms. The van der Waals surface area contributed by atoms with Crippen LogP contribution in [0, 0.1) is 18.3 Å². The Morgan fingerprint density at radius 1 is 1.47 bits per heavy atom. The second kappa shape index (κ2) is 5.66. The van der Waals surface area contributed by atoms with Gasteiger partial charge in [-0.05, 0) is 30.2 Å². The van der Waals surface area contributed by atoms with E-state index in [0.717, 1.165) is 11.1 Å². The van der Waals surface area contributed by atoms with E-state index in [4.69, 9.17) is 15.1 Å². The first-order chi connectivity index (χ1) is 8.02. The summed E-state index contributed by atoms with van der Waals surface area (Å²) >= 11 is 0. The fourth-order valence-electron chi connectivity index (χ4n) is 1.26. The average molecular weight is 233 g/mol. The number of carbonyl (C=O) groups excluding carboxylic acids is 1. The first-order valence-electron chi connectivity index (χ1n) is 4.90.